The average molecular weight is 228 g/mol. The molecule has 0 radical (unpaired) electrons. The van der Waals surface area contributed by atoms with Crippen molar-refractivity contribution in [1.29, 1.82) is 0 Å². The molecule has 2 rings (SSSR count). The van der Waals surface area contributed by atoms with Crippen LogP contribution in [-0.4, -0.2) is 7.11 Å². The van der Waals surface area contributed by atoms with Gasteiger partial charge >= 0.3 is 0 Å². The lowest BCUT2D eigenvalue weighted by atomic mass is 9.87. The van der Waals surface area contributed by atoms with Crippen LogP contribution < -0.4 is 4.74 Å². The molecular formula is C16H20O. The fourth-order valence-corrected chi connectivity index (χ4v) is 2.12. The van der Waals surface area contributed by atoms with Gasteiger partial charge in [-0.25, -0.2) is 0 Å². The molecule has 2 aromatic carbocycles. The Kier molecular flexibility index (Phi) is 3.10. The zero-order valence-electron chi connectivity index (χ0n) is 11.1. The van der Waals surface area contributed by atoms with Crippen LogP contribution in [0.2, 0.25) is 0 Å². The highest BCUT2D eigenvalue weighted by Gasteiger charge is 2.11. The van der Waals surface area contributed by atoms with E-state index in [1.165, 1.54) is 16.3 Å². The second kappa shape index (κ2) is 4.40. The van der Waals surface area contributed by atoms with Gasteiger partial charge in [-0.2, -0.15) is 0 Å². The van der Waals surface area contributed by atoms with Crippen molar-refractivity contribution in [2.24, 2.45) is 5.41 Å². The molecule has 90 valence electrons. The molecule has 0 saturated carbocycles. The van der Waals surface area contributed by atoms with Crippen LogP contribution in [0.1, 0.15) is 26.3 Å². The summed E-state index contributed by atoms with van der Waals surface area (Å²) in [5, 5.41) is 2.52. The highest BCUT2D eigenvalue weighted by Crippen LogP contribution is 2.25. The standard InChI is InChI=1S/C16H20O/c1-16(2,3)11-12-5-6-13-7-8-15(17-4)10-14(13)9-12/h5-10H,11H2,1-4H3. The minimum atomic E-state index is 0.326. The lowest BCUT2D eigenvalue weighted by Gasteiger charge is -2.18. The molecule has 0 aromatic heterocycles. The van der Waals surface area contributed by atoms with E-state index in [0.717, 1.165) is 12.2 Å². The quantitative estimate of drug-likeness (QED) is 0.738. The van der Waals surface area contributed by atoms with Crippen molar-refractivity contribution in [3.63, 3.8) is 0 Å². The fourth-order valence-electron chi connectivity index (χ4n) is 2.12. The van der Waals surface area contributed by atoms with Crippen molar-refractivity contribution >= 4 is 10.8 Å². The van der Waals surface area contributed by atoms with E-state index in [2.05, 4.69) is 51.1 Å². The number of ether oxygens (including phenoxy) is 1. The summed E-state index contributed by atoms with van der Waals surface area (Å²) in [6, 6.07) is 12.9. The van der Waals surface area contributed by atoms with Crippen molar-refractivity contribution in [3.05, 3.63) is 42.0 Å². The Morgan fingerprint density at radius 1 is 0.941 bits per heavy atom. The summed E-state index contributed by atoms with van der Waals surface area (Å²) in [6.07, 6.45) is 1.10. The SMILES string of the molecule is COc1ccc2ccc(CC(C)(C)C)cc2c1. The first-order chi connectivity index (χ1) is 7.98. The lowest BCUT2D eigenvalue weighted by molar-refractivity contribution is 0.411. The number of hydrogen-bond donors (Lipinski definition) is 0. The molecule has 0 aliphatic carbocycles. The number of methoxy groups -OCH3 is 1. The van der Waals surface area contributed by atoms with Gasteiger partial charge in [0.15, 0.2) is 0 Å². The van der Waals surface area contributed by atoms with Crippen molar-refractivity contribution in [2.45, 2.75) is 27.2 Å². The van der Waals surface area contributed by atoms with E-state index in [-0.39, 0.29) is 0 Å². The summed E-state index contributed by atoms with van der Waals surface area (Å²) in [5.74, 6) is 0.922. The lowest BCUT2D eigenvalue weighted by Crippen LogP contribution is -2.08. The minimum Gasteiger partial charge on any atom is -0.497 e. The Bertz CT molecular complexity index is 521. The van der Waals surface area contributed by atoms with Crippen molar-refractivity contribution < 1.29 is 4.74 Å². The maximum atomic E-state index is 5.26. The third-order valence-electron chi connectivity index (χ3n) is 2.85. The molecular weight excluding hydrogens is 208 g/mol. The predicted octanol–water partition coefficient (Wildman–Crippen LogP) is 4.44. The molecule has 0 saturated heterocycles. The Morgan fingerprint density at radius 3 is 2.29 bits per heavy atom. The van der Waals surface area contributed by atoms with E-state index in [1.54, 1.807) is 7.11 Å². The number of rotatable bonds is 2. The molecule has 0 atom stereocenters. The van der Waals surface area contributed by atoms with E-state index >= 15 is 0 Å². The third kappa shape index (κ3) is 3.00. The van der Waals surface area contributed by atoms with Gasteiger partial charge in [0.2, 0.25) is 0 Å². The van der Waals surface area contributed by atoms with E-state index in [9.17, 15) is 0 Å². The summed E-state index contributed by atoms with van der Waals surface area (Å²) in [4.78, 5) is 0. The third-order valence-corrected chi connectivity index (χ3v) is 2.85. The number of benzene rings is 2. The predicted molar refractivity (Wildman–Crippen MR) is 73.7 cm³/mol. The number of hydrogen-bond acceptors (Lipinski definition) is 1. The minimum absolute atomic E-state index is 0.326. The van der Waals surface area contributed by atoms with Crippen LogP contribution in [0.25, 0.3) is 10.8 Å². The van der Waals surface area contributed by atoms with Crippen molar-refractivity contribution in [2.75, 3.05) is 7.11 Å². The molecule has 0 amide bonds. The summed E-state index contributed by atoms with van der Waals surface area (Å²) >= 11 is 0. The highest BCUT2D eigenvalue weighted by atomic mass is 16.5. The highest BCUT2D eigenvalue weighted by molar-refractivity contribution is 5.84. The van der Waals surface area contributed by atoms with Crippen LogP contribution in [0.3, 0.4) is 0 Å². The maximum absolute atomic E-state index is 5.26. The first-order valence-electron chi connectivity index (χ1n) is 6.05. The van der Waals surface area contributed by atoms with Crippen molar-refractivity contribution in [1.82, 2.24) is 0 Å². The van der Waals surface area contributed by atoms with Crippen LogP contribution in [0.15, 0.2) is 36.4 Å². The van der Waals surface area contributed by atoms with Crippen LogP contribution in [0.4, 0.5) is 0 Å². The van der Waals surface area contributed by atoms with Gasteiger partial charge in [0.25, 0.3) is 0 Å². The van der Waals surface area contributed by atoms with Crippen LogP contribution >= 0.6 is 0 Å². The van der Waals surface area contributed by atoms with Gasteiger partial charge in [-0.1, -0.05) is 45.0 Å². The molecule has 1 nitrogen and oxygen atoms in total. The molecule has 0 aliphatic rings. The van der Waals surface area contributed by atoms with Crippen LogP contribution in [-0.2, 0) is 6.42 Å². The average Bonchev–Trinajstić information content (AvgIpc) is 2.26. The zero-order valence-corrected chi connectivity index (χ0v) is 11.1. The number of fused-ring (bicyclic) bond motifs is 1. The van der Waals surface area contributed by atoms with Crippen molar-refractivity contribution in [3.8, 4) is 5.75 Å². The topological polar surface area (TPSA) is 9.23 Å². The molecule has 0 fully saturated rings. The van der Waals surface area contributed by atoms with E-state index in [1.807, 2.05) is 6.07 Å². The molecule has 0 aliphatic heterocycles. The first kappa shape index (κ1) is 12.0. The Labute approximate surface area is 103 Å². The second-order valence-electron chi connectivity index (χ2n) is 5.78. The summed E-state index contributed by atoms with van der Waals surface area (Å²) in [6.45, 7) is 6.80. The van der Waals surface area contributed by atoms with Crippen LogP contribution in [0.5, 0.6) is 5.75 Å². The maximum Gasteiger partial charge on any atom is 0.119 e. The molecule has 1 heteroatoms. The van der Waals surface area contributed by atoms with Gasteiger partial charge in [-0.05, 0) is 40.3 Å². The van der Waals surface area contributed by atoms with Gasteiger partial charge in [-0.3, -0.25) is 0 Å². The molecule has 0 unspecified atom stereocenters. The Morgan fingerprint density at radius 2 is 1.65 bits per heavy atom. The van der Waals surface area contributed by atoms with Gasteiger partial charge in [-0.15, -0.1) is 0 Å². The first-order valence-corrected chi connectivity index (χ1v) is 6.05. The normalized spacial score (nSPS) is 11.8. The van der Waals surface area contributed by atoms with E-state index in [4.69, 9.17) is 4.74 Å². The molecule has 0 spiro atoms. The Balaban J connectivity index is 2.41. The second-order valence-corrected chi connectivity index (χ2v) is 5.78. The summed E-state index contributed by atoms with van der Waals surface area (Å²) < 4.78 is 5.26. The molecule has 0 bridgehead atoms. The smallest absolute Gasteiger partial charge is 0.119 e. The molecule has 17 heavy (non-hydrogen) atoms. The molecule has 2 aromatic rings. The van der Waals surface area contributed by atoms with E-state index < -0.39 is 0 Å². The summed E-state index contributed by atoms with van der Waals surface area (Å²) in [7, 11) is 1.71. The molecule has 0 heterocycles. The van der Waals surface area contributed by atoms with Crippen LogP contribution in [0, 0.1) is 5.41 Å². The molecule has 0 N–H and O–H groups in total. The Hall–Kier alpha value is -1.50. The van der Waals surface area contributed by atoms with Gasteiger partial charge in [0.05, 0.1) is 7.11 Å². The monoisotopic (exact) mass is 228 g/mol. The summed E-state index contributed by atoms with van der Waals surface area (Å²) in [5.41, 5.74) is 1.71. The van der Waals surface area contributed by atoms with Gasteiger partial charge in [0, 0.05) is 0 Å². The van der Waals surface area contributed by atoms with E-state index in [0.29, 0.717) is 5.41 Å². The van der Waals surface area contributed by atoms with Gasteiger partial charge in [0.1, 0.15) is 5.75 Å². The largest absolute Gasteiger partial charge is 0.497 e. The van der Waals surface area contributed by atoms with Gasteiger partial charge < -0.3 is 4.74 Å². The fraction of sp³-hybridized carbons (Fsp3) is 0.375. The zero-order chi connectivity index (χ0) is 12.5.